The first-order chi connectivity index (χ1) is 9.99. The minimum absolute atomic E-state index is 0.0846. The summed E-state index contributed by atoms with van der Waals surface area (Å²) in [6.45, 7) is -0.0846. The van der Waals surface area contributed by atoms with Gasteiger partial charge in [0.15, 0.2) is 0 Å². The van der Waals surface area contributed by atoms with Gasteiger partial charge in [-0.05, 0) is 29.8 Å². The average Bonchev–Trinajstić information content (AvgIpc) is 2.45. The van der Waals surface area contributed by atoms with Crippen molar-refractivity contribution in [3.05, 3.63) is 68.5 Å². The topological polar surface area (TPSA) is 69.4 Å². The van der Waals surface area contributed by atoms with Crippen LogP contribution >= 0.6 is 11.6 Å². The second-order valence-corrected chi connectivity index (χ2v) is 4.58. The van der Waals surface area contributed by atoms with Gasteiger partial charge in [0.05, 0.1) is 16.0 Å². The predicted octanol–water partition coefficient (Wildman–Crippen LogP) is 3.78. The Morgan fingerprint density at radius 3 is 2.67 bits per heavy atom. The van der Waals surface area contributed by atoms with Crippen LogP contribution in [-0.4, -0.2) is 11.2 Å². The maximum atomic E-state index is 13.3. The van der Waals surface area contributed by atoms with Gasteiger partial charge in [0, 0.05) is 11.6 Å². The van der Waals surface area contributed by atoms with Crippen LogP contribution in [0.3, 0.4) is 0 Å². The maximum absolute atomic E-state index is 13.3. The van der Waals surface area contributed by atoms with E-state index in [0.29, 0.717) is 23.2 Å². The van der Waals surface area contributed by atoms with Gasteiger partial charge < -0.3 is 4.74 Å². The molecular weight excluding hydrogens is 301 g/mol. The molecule has 108 valence electrons. The van der Waals surface area contributed by atoms with Crippen molar-refractivity contribution in [1.29, 1.82) is 0 Å². The number of carbonyl (C=O) groups is 1. The van der Waals surface area contributed by atoms with E-state index in [1.807, 2.05) is 0 Å². The van der Waals surface area contributed by atoms with Crippen molar-refractivity contribution in [3.8, 4) is 5.75 Å². The summed E-state index contributed by atoms with van der Waals surface area (Å²) in [7, 11) is 0. The Bertz CT molecular complexity index is 705. The lowest BCUT2D eigenvalue weighted by molar-refractivity contribution is -0.385. The number of nitro benzene ring substituents is 1. The molecule has 5 nitrogen and oxygen atoms in total. The van der Waals surface area contributed by atoms with Gasteiger partial charge in [-0.2, -0.15) is 0 Å². The smallest absolute Gasteiger partial charge is 0.272 e. The first-order valence-corrected chi connectivity index (χ1v) is 6.19. The Kier molecular flexibility index (Phi) is 4.49. The Labute approximate surface area is 124 Å². The Hall–Kier alpha value is -2.47. The van der Waals surface area contributed by atoms with Crippen molar-refractivity contribution >= 4 is 23.6 Å². The fourth-order valence-electron chi connectivity index (χ4n) is 1.69. The zero-order chi connectivity index (χ0) is 15.4. The lowest BCUT2D eigenvalue weighted by Gasteiger charge is -2.08. The Balaban J connectivity index is 2.16. The molecule has 0 saturated carbocycles. The molecule has 0 bridgehead atoms. The van der Waals surface area contributed by atoms with Gasteiger partial charge >= 0.3 is 0 Å². The van der Waals surface area contributed by atoms with Crippen LogP contribution in [0.25, 0.3) is 0 Å². The van der Waals surface area contributed by atoms with Crippen LogP contribution in [0, 0.1) is 15.9 Å². The number of non-ortho nitro benzene ring substituents is 1. The molecule has 2 aromatic carbocycles. The van der Waals surface area contributed by atoms with Gasteiger partial charge in [0.1, 0.15) is 24.5 Å². The molecule has 0 aliphatic rings. The van der Waals surface area contributed by atoms with Crippen LogP contribution < -0.4 is 4.74 Å². The SMILES string of the molecule is O=Cc1ccc(OCc2cc(F)cc([N+](=O)[O-])c2)c(Cl)c1. The molecule has 0 heterocycles. The highest BCUT2D eigenvalue weighted by Crippen LogP contribution is 2.26. The van der Waals surface area contributed by atoms with Crippen LogP contribution in [0.4, 0.5) is 10.1 Å². The zero-order valence-corrected chi connectivity index (χ0v) is 11.3. The van der Waals surface area contributed by atoms with E-state index in [1.54, 1.807) is 0 Å². The van der Waals surface area contributed by atoms with Gasteiger partial charge in [-0.25, -0.2) is 4.39 Å². The lowest BCUT2D eigenvalue weighted by Crippen LogP contribution is -1.99. The van der Waals surface area contributed by atoms with Gasteiger partial charge in [0.2, 0.25) is 0 Å². The maximum Gasteiger partial charge on any atom is 0.272 e. The number of rotatable bonds is 5. The summed E-state index contributed by atoms with van der Waals surface area (Å²) >= 11 is 5.92. The van der Waals surface area contributed by atoms with E-state index in [2.05, 4.69) is 0 Å². The largest absolute Gasteiger partial charge is 0.487 e. The quantitative estimate of drug-likeness (QED) is 0.479. The van der Waals surface area contributed by atoms with Crippen LogP contribution in [0.1, 0.15) is 15.9 Å². The van der Waals surface area contributed by atoms with E-state index in [0.717, 1.165) is 12.1 Å². The van der Waals surface area contributed by atoms with Crippen LogP contribution in [0.15, 0.2) is 36.4 Å². The highest BCUT2D eigenvalue weighted by atomic mass is 35.5. The summed E-state index contributed by atoms with van der Waals surface area (Å²) < 4.78 is 18.6. The summed E-state index contributed by atoms with van der Waals surface area (Å²) in [5.41, 5.74) is 0.349. The van der Waals surface area contributed by atoms with E-state index >= 15 is 0 Å². The first-order valence-electron chi connectivity index (χ1n) is 5.81. The first kappa shape index (κ1) is 14.9. The number of nitrogens with zero attached hydrogens (tertiary/aromatic N) is 1. The van der Waals surface area contributed by atoms with Crippen molar-refractivity contribution in [2.24, 2.45) is 0 Å². The molecule has 0 amide bonds. The molecule has 0 aliphatic heterocycles. The molecular formula is C14H9ClFNO4. The molecule has 2 rings (SSSR count). The van der Waals surface area contributed by atoms with Crippen molar-refractivity contribution in [2.45, 2.75) is 6.61 Å². The lowest BCUT2D eigenvalue weighted by atomic mass is 10.2. The third-order valence-corrected chi connectivity index (χ3v) is 2.93. The summed E-state index contributed by atoms with van der Waals surface area (Å²) in [5.74, 6) is -0.417. The molecule has 0 radical (unpaired) electrons. The molecule has 21 heavy (non-hydrogen) atoms. The average molecular weight is 310 g/mol. The highest BCUT2D eigenvalue weighted by molar-refractivity contribution is 6.32. The number of carbonyl (C=O) groups excluding carboxylic acids is 1. The summed E-state index contributed by atoms with van der Waals surface area (Å²) in [6, 6.07) is 7.63. The minimum Gasteiger partial charge on any atom is -0.487 e. The number of aldehydes is 1. The third-order valence-electron chi connectivity index (χ3n) is 2.64. The number of hydrogen-bond donors (Lipinski definition) is 0. The molecule has 0 spiro atoms. The minimum atomic E-state index is -0.717. The summed E-state index contributed by atoms with van der Waals surface area (Å²) in [6.07, 6.45) is 0.644. The molecule has 2 aromatic rings. The second-order valence-electron chi connectivity index (χ2n) is 4.17. The fourth-order valence-corrected chi connectivity index (χ4v) is 1.93. The number of nitro groups is 1. The van der Waals surface area contributed by atoms with E-state index < -0.39 is 10.7 Å². The van der Waals surface area contributed by atoms with E-state index in [1.165, 1.54) is 24.3 Å². The van der Waals surface area contributed by atoms with Crippen molar-refractivity contribution in [3.63, 3.8) is 0 Å². The molecule has 0 N–H and O–H groups in total. The molecule has 0 fully saturated rings. The van der Waals surface area contributed by atoms with E-state index in [-0.39, 0.29) is 17.3 Å². The van der Waals surface area contributed by atoms with Gasteiger partial charge in [0.25, 0.3) is 5.69 Å². The summed E-state index contributed by atoms with van der Waals surface area (Å²) in [4.78, 5) is 20.5. The standard InChI is InChI=1S/C14H9ClFNO4/c15-13-5-9(7-18)1-2-14(13)21-8-10-3-11(16)6-12(4-10)17(19)20/h1-7H,8H2. The van der Waals surface area contributed by atoms with Crippen molar-refractivity contribution < 1.29 is 18.8 Å². The zero-order valence-electron chi connectivity index (χ0n) is 10.6. The van der Waals surface area contributed by atoms with Gasteiger partial charge in [-0.15, -0.1) is 0 Å². The highest BCUT2D eigenvalue weighted by Gasteiger charge is 2.11. The Morgan fingerprint density at radius 1 is 1.29 bits per heavy atom. The molecule has 0 saturated heterocycles. The van der Waals surface area contributed by atoms with Gasteiger partial charge in [-0.3, -0.25) is 14.9 Å². The third kappa shape index (κ3) is 3.76. The normalized spacial score (nSPS) is 10.2. The van der Waals surface area contributed by atoms with E-state index in [9.17, 15) is 19.3 Å². The number of halogens is 2. The summed E-state index contributed by atoms with van der Waals surface area (Å²) in [5, 5.41) is 10.9. The molecule has 0 unspecified atom stereocenters. The molecule has 7 heteroatoms. The molecule has 0 aromatic heterocycles. The number of benzene rings is 2. The van der Waals surface area contributed by atoms with Crippen molar-refractivity contribution in [2.75, 3.05) is 0 Å². The monoisotopic (exact) mass is 309 g/mol. The van der Waals surface area contributed by atoms with Gasteiger partial charge in [-0.1, -0.05) is 11.6 Å². The van der Waals surface area contributed by atoms with Crippen LogP contribution in [0.5, 0.6) is 5.75 Å². The Morgan fingerprint density at radius 2 is 2.05 bits per heavy atom. The van der Waals surface area contributed by atoms with Crippen LogP contribution in [0.2, 0.25) is 5.02 Å². The number of ether oxygens (including phenoxy) is 1. The predicted molar refractivity (Wildman–Crippen MR) is 74.2 cm³/mol. The number of hydrogen-bond acceptors (Lipinski definition) is 4. The molecule has 0 aliphatic carbocycles. The second kappa shape index (κ2) is 6.32. The molecule has 0 atom stereocenters. The van der Waals surface area contributed by atoms with Crippen molar-refractivity contribution in [1.82, 2.24) is 0 Å². The van der Waals surface area contributed by atoms with E-state index in [4.69, 9.17) is 16.3 Å². The fraction of sp³-hybridized carbons (Fsp3) is 0.0714. The van der Waals surface area contributed by atoms with Crippen LogP contribution in [-0.2, 0) is 6.61 Å².